The van der Waals surface area contributed by atoms with Gasteiger partial charge in [0, 0.05) is 25.5 Å². The highest BCUT2D eigenvalue weighted by molar-refractivity contribution is 5.52. The van der Waals surface area contributed by atoms with Crippen LogP contribution in [0.3, 0.4) is 0 Å². The van der Waals surface area contributed by atoms with E-state index in [0.29, 0.717) is 36.1 Å². The lowest BCUT2D eigenvalue weighted by Gasteiger charge is -1.98. The minimum absolute atomic E-state index is 0.192. The molecule has 0 aliphatic rings. The molecule has 0 saturated heterocycles. The molecular weight excluding hydrogens is 305 g/mol. The van der Waals surface area contributed by atoms with Crippen LogP contribution in [-0.4, -0.2) is 24.6 Å². The van der Waals surface area contributed by atoms with E-state index in [0.717, 1.165) is 0 Å². The normalized spacial score (nSPS) is 10.9. The lowest BCUT2D eigenvalue weighted by molar-refractivity contribution is -0.389. The Morgan fingerprint density at radius 1 is 1.30 bits per heavy atom. The first-order valence-electron chi connectivity index (χ1n) is 6.79. The van der Waals surface area contributed by atoms with Gasteiger partial charge in [0.15, 0.2) is 5.82 Å². The molecule has 0 unspecified atom stereocenters. The quantitative estimate of drug-likeness (QED) is 0.529. The SMILES string of the molecule is Cc1nc([N+](=O)[O-])cn1CCc1noc(-c2ccc(F)cc2)n1. The van der Waals surface area contributed by atoms with Gasteiger partial charge in [0.25, 0.3) is 5.89 Å². The molecule has 0 atom stereocenters. The van der Waals surface area contributed by atoms with E-state index in [2.05, 4.69) is 15.1 Å². The molecule has 2 aromatic heterocycles. The Morgan fingerprint density at radius 3 is 2.70 bits per heavy atom. The van der Waals surface area contributed by atoms with E-state index < -0.39 is 4.92 Å². The lowest BCUT2D eigenvalue weighted by Crippen LogP contribution is -2.03. The van der Waals surface area contributed by atoms with Crippen LogP contribution in [0.2, 0.25) is 0 Å². The number of hydrogen-bond donors (Lipinski definition) is 0. The summed E-state index contributed by atoms with van der Waals surface area (Å²) < 4.78 is 19.7. The van der Waals surface area contributed by atoms with Gasteiger partial charge in [-0.2, -0.15) is 4.98 Å². The summed E-state index contributed by atoms with van der Waals surface area (Å²) in [6.07, 6.45) is 1.80. The maximum atomic E-state index is 12.9. The van der Waals surface area contributed by atoms with Gasteiger partial charge in [0.1, 0.15) is 12.0 Å². The highest BCUT2D eigenvalue weighted by Crippen LogP contribution is 2.18. The number of aryl methyl sites for hydroxylation is 3. The zero-order valence-corrected chi connectivity index (χ0v) is 12.1. The lowest BCUT2D eigenvalue weighted by atomic mass is 10.2. The highest BCUT2D eigenvalue weighted by atomic mass is 19.1. The number of rotatable bonds is 5. The van der Waals surface area contributed by atoms with Crippen LogP contribution in [0.15, 0.2) is 35.0 Å². The molecule has 0 saturated carbocycles. The third-order valence-corrected chi connectivity index (χ3v) is 3.29. The summed E-state index contributed by atoms with van der Waals surface area (Å²) in [4.78, 5) is 18.2. The van der Waals surface area contributed by atoms with Crippen molar-refractivity contribution in [3.05, 3.63) is 58.0 Å². The van der Waals surface area contributed by atoms with Crippen molar-refractivity contribution in [2.45, 2.75) is 19.9 Å². The van der Waals surface area contributed by atoms with Gasteiger partial charge in [-0.1, -0.05) is 5.16 Å². The molecule has 3 rings (SSSR count). The Hall–Kier alpha value is -3.10. The van der Waals surface area contributed by atoms with Crippen molar-refractivity contribution < 1.29 is 13.8 Å². The number of aromatic nitrogens is 4. The molecule has 9 heteroatoms. The van der Waals surface area contributed by atoms with Gasteiger partial charge in [-0.25, -0.2) is 4.39 Å². The number of imidazole rings is 1. The summed E-state index contributed by atoms with van der Waals surface area (Å²) in [6.45, 7) is 2.13. The number of hydrogen-bond acceptors (Lipinski definition) is 6. The minimum atomic E-state index is -0.537. The maximum Gasteiger partial charge on any atom is 0.381 e. The Labute approximate surface area is 129 Å². The van der Waals surface area contributed by atoms with Crippen LogP contribution in [0.1, 0.15) is 11.6 Å². The molecule has 2 heterocycles. The minimum Gasteiger partial charge on any atom is -0.358 e. The molecule has 0 spiro atoms. The fraction of sp³-hybridized carbons (Fsp3) is 0.214. The van der Waals surface area contributed by atoms with Gasteiger partial charge < -0.3 is 19.2 Å². The van der Waals surface area contributed by atoms with Crippen molar-refractivity contribution in [3.8, 4) is 11.5 Å². The van der Waals surface area contributed by atoms with E-state index in [9.17, 15) is 14.5 Å². The first kappa shape index (κ1) is 14.8. The van der Waals surface area contributed by atoms with Gasteiger partial charge >= 0.3 is 5.82 Å². The smallest absolute Gasteiger partial charge is 0.358 e. The number of nitro groups is 1. The van der Waals surface area contributed by atoms with Crippen molar-refractivity contribution in [2.75, 3.05) is 0 Å². The second-order valence-corrected chi connectivity index (χ2v) is 4.87. The molecule has 23 heavy (non-hydrogen) atoms. The second kappa shape index (κ2) is 5.95. The van der Waals surface area contributed by atoms with Crippen LogP contribution in [0.5, 0.6) is 0 Å². The second-order valence-electron chi connectivity index (χ2n) is 4.87. The summed E-state index contributed by atoms with van der Waals surface area (Å²) in [5, 5.41) is 14.5. The summed E-state index contributed by atoms with van der Waals surface area (Å²) in [5.74, 6) is 0.764. The van der Waals surface area contributed by atoms with E-state index in [1.165, 1.54) is 18.3 Å². The summed E-state index contributed by atoms with van der Waals surface area (Å²) >= 11 is 0. The molecule has 0 fully saturated rings. The fourth-order valence-corrected chi connectivity index (χ4v) is 2.09. The monoisotopic (exact) mass is 317 g/mol. The summed E-state index contributed by atoms with van der Waals surface area (Å²) in [7, 11) is 0. The number of nitrogens with zero attached hydrogens (tertiary/aromatic N) is 5. The fourth-order valence-electron chi connectivity index (χ4n) is 2.09. The van der Waals surface area contributed by atoms with E-state index >= 15 is 0 Å². The molecule has 0 aliphatic heterocycles. The topological polar surface area (TPSA) is 99.9 Å². The predicted octanol–water partition coefficient (Wildman–Crippen LogP) is 2.53. The Bertz CT molecular complexity index is 840. The summed E-state index contributed by atoms with van der Waals surface area (Å²) in [5.41, 5.74) is 0.625. The van der Waals surface area contributed by atoms with Crippen LogP contribution in [0.4, 0.5) is 10.2 Å². The van der Waals surface area contributed by atoms with Gasteiger partial charge in [0.2, 0.25) is 5.82 Å². The number of benzene rings is 1. The summed E-state index contributed by atoms with van der Waals surface area (Å²) in [6, 6.07) is 5.73. The van der Waals surface area contributed by atoms with Crippen molar-refractivity contribution in [1.29, 1.82) is 0 Å². The van der Waals surface area contributed by atoms with Crippen LogP contribution < -0.4 is 0 Å². The van der Waals surface area contributed by atoms with Crippen molar-refractivity contribution in [1.82, 2.24) is 19.7 Å². The third kappa shape index (κ3) is 3.23. The van der Waals surface area contributed by atoms with Crippen molar-refractivity contribution in [3.63, 3.8) is 0 Å². The average Bonchev–Trinajstić information content (AvgIpc) is 3.13. The van der Waals surface area contributed by atoms with Gasteiger partial charge in [-0.3, -0.25) is 0 Å². The molecule has 8 nitrogen and oxygen atoms in total. The first-order chi connectivity index (χ1) is 11.0. The van der Waals surface area contributed by atoms with Crippen LogP contribution in [-0.2, 0) is 13.0 Å². The van der Waals surface area contributed by atoms with Crippen LogP contribution >= 0.6 is 0 Å². The molecule has 0 N–H and O–H groups in total. The molecule has 0 radical (unpaired) electrons. The molecule has 0 bridgehead atoms. The van der Waals surface area contributed by atoms with Crippen LogP contribution in [0, 0.1) is 22.9 Å². The largest absolute Gasteiger partial charge is 0.381 e. The first-order valence-corrected chi connectivity index (χ1v) is 6.79. The van der Waals surface area contributed by atoms with Crippen LogP contribution in [0.25, 0.3) is 11.5 Å². The third-order valence-electron chi connectivity index (χ3n) is 3.29. The molecule has 1 aromatic carbocycles. The van der Waals surface area contributed by atoms with E-state index in [1.807, 2.05) is 0 Å². The highest BCUT2D eigenvalue weighted by Gasteiger charge is 2.16. The van der Waals surface area contributed by atoms with Gasteiger partial charge in [0.05, 0.1) is 0 Å². The van der Waals surface area contributed by atoms with E-state index in [4.69, 9.17) is 4.52 Å². The Kier molecular flexibility index (Phi) is 3.83. The average molecular weight is 317 g/mol. The standard InChI is InChI=1S/C14H12FN5O3/c1-9-16-13(20(21)22)8-19(9)7-6-12-17-14(23-18-12)10-2-4-11(15)5-3-10/h2-5,8H,6-7H2,1H3. The molecule has 118 valence electrons. The molecular formula is C14H12FN5O3. The molecule has 3 aromatic rings. The molecule has 0 aliphatic carbocycles. The zero-order chi connectivity index (χ0) is 16.4. The Morgan fingerprint density at radius 2 is 2.04 bits per heavy atom. The van der Waals surface area contributed by atoms with E-state index in [1.54, 1.807) is 23.6 Å². The zero-order valence-electron chi connectivity index (χ0n) is 12.1. The van der Waals surface area contributed by atoms with E-state index in [-0.39, 0.29) is 11.6 Å². The van der Waals surface area contributed by atoms with Crippen molar-refractivity contribution in [2.24, 2.45) is 0 Å². The predicted molar refractivity (Wildman–Crippen MR) is 77.0 cm³/mol. The maximum absolute atomic E-state index is 12.9. The van der Waals surface area contributed by atoms with Gasteiger partial charge in [-0.05, 0) is 34.2 Å². The molecule has 0 amide bonds. The van der Waals surface area contributed by atoms with Gasteiger partial charge in [-0.15, -0.1) is 0 Å². The van der Waals surface area contributed by atoms with Crippen molar-refractivity contribution >= 4 is 5.82 Å². The number of halogens is 1. The Balaban J connectivity index is 1.70.